The molecule has 6 heteroatoms. The molecule has 0 spiro atoms. The van der Waals surface area contributed by atoms with Gasteiger partial charge in [0.05, 0.1) is 6.54 Å². The molecule has 5 nitrogen and oxygen atoms in total. The van der Waals surface area contributed by atoms with Gasteiger partial charge in [0, 0.05) is 17.0 Å². The molecule has 0 fully saturated rings. The van der Waals surface area contributed by atoms with E-state index in [2.05, 4.69) is 15.8 Å². The highest BCUT2D eigenvalue weighted by Gasteiger charge is 2.10. The molecule has 0 aliphatic rings. The van der Waals surface area contributed by atoms with Gasteiger partial charge in [-0.25, -0.2) is 4.79 Å². The van der Waals surface area contributed by atoms with E-state index in [1.165, 1.54) is 0 Å². The average molecular weight is 330 g/mol. The third kappa shape index (κ3) is 3.63. The Morgan fingerprint density at radius 2 is 1.96 bits per heavy atom. The van der Waals surface area contributed by atoms with Gasteiger partial charge in [-0.2, -0.15) is 0 Å². The number of halogens is 1. The molecule has 2 amide bonds. The predicted octanol–water partition coefficient (Wildman–Crippen LogP) is 3.79. The Kier molecular flexibility index (Phi) is 4.48. The molecule has 0 bridgehead atoms. The summed E-state index contributed by atoms with van der Waals surface area (Å²) in [7, 11) is 0. The molecule has 0 saturated heterocycles. The summed E-state index contributed by atoms with van der Waals surface area (Å²) in [6.45, 7) is 2.66. The number of fused-ring (bicyclic) bond motifs is 1. The van der Waals surface area contributed by atoms with Gasteiger partial charge in [0.25, 0.3) is 0 Å². The van der Waals surface area contributed by atoms with Gasteiger partial charge in [-0.05, 0) is 30.7 Å². The first-order valence-corrected chi connectivity index (χ1v) is 7.61. The van der Waals surface area contributed by atoms with Crippen molar-refractivity contribution in [2.45, 2.75) is 20.0 Å². The minimum Gasteiger partial charge on any atom is -0.356 e. The molecule has 1 aromatic heterocycles. The topological polar surface area (TPSA) is 67.2 Å². The van der Waals surface area contributed by atoms with Crippen molar-refractivity contribution in [3.05, 3.63) is 64.3 Å². The number of nitrogens with one attached hydrogen (secondary N) is 2. The monoisotopic (exact) mass is 329 g/mol. The average Bonchev–Trinajstić information content (AvgIpc) is 2.94. The Morgan fingerprint density at radius 1 is 1.17 bits per heavy atom. The molecule has 2 aromatic carbocycles. The van der Waals surface area contributed by atoms with Gasteiger partial charge in [-0.1, -0.05) is 46.6 Å². The third-order valence-electron chi connectivity index (χ3n) is 3.51. The molecule has 118 valence electrons. The van der Waals surface area contributed by atoms with Gasteiger partial charge in [-0.15, -0.1) is 0 Å². The molecule has 2 N–H and O–H groups in total. The van der Waals surface area contributed by atoms with Crippen LogP contribution in [0.25, 0.3) is 11.0 Å². The van der Waals surface area contributed by atoms with Crippen LogP contribution in [0.5, 0.6) is 0 Å². The number of urea groups is 1. The summed E-state index contributed by atoms with van der Waals surface area (Å²) < 4.78 is 5.24. The fourth-order valence-electron chi connectivity index (χ4n) is 2.27. The first kappa shape index (κ1) is 15.4. The number of rotatable bonds is 4. The molecule has 0 saturated carbocycles. The van der Waals surface area contributed by atoms with Crippen LogP contribution in [0.15, 0.2) is 47.0 Å². The Labute approximate surface area is 138 Å². The van der Waals surface area contributed by atoms with Crippen molar-refractivity contribution in [1.29, 1.82) is 0 Å². The predicted molar refractivity (Wildman–Crippen MR) is 89.3 cm³/mol. The van der Waals surface area contributed by atoms with Crippen LogP contribution in [0.2, 0.25) is 5.02 Å². The lowest BCUT2D eigenvalue weighted by molar-refractivity contribution is 0.240. The van der Waals surface area contributed by atoms with E-state index in [9.17, 15) is 4.79 Å². The molecule has 1 heterocycles. The number of carbonyl (C=O) groups is 1. The van der Waals surface area contributed by atoms with Crippen molar-refractivity contribution in [3.63, 3.8) is 0 Å². The van der Waals surface area contributed by atoms with E-state index in [-0.39, 0.29) is 6.03 Å². The van der Waals surface area contributed by atoms with Gasteiger partial charge in [0.15, 0.2) is 5.58 Å². The number of hydrogen-bond acceptors (Lipinski definition) is 3. The zero-order valence-electron chi connectivity index (χ0n) is 12.6. The quantitative estimate of drug-likeness (QED) is 0.765. The maximum Gasteiger partial charge on any atom is 0.315 e. The number of benzene rings is 2. The van der Waals surface area contributed by atoms with Crippen molar-refractivity contribution in [3.8, 4) is 0 Å². The molecule has 0 atom stereocenters. The fraction of sp³-hybridized carbons (Fsp3) is 0.176. The number of nitrogens with zero attached hydrogens (tertiary/aromatic N) is 1. The summed E-state index contributed by atoms with van der Waals surface area (Å²) in [4.78, 5) is 11.9. The van der Waals surface area contributed by atoms with Crippen LogP contribution in [0, 0.1) is 6.92 Å². The van der Waals surface area contributed by atoms with Crippen LogP contribution in [0.3, 0.4) is 0 Å². The first-order valence-electron chi connectivity index (χ1n) is 7.23. The van der Waals surface area contributed by atoms with Gasteiger partial charge in [0.2, 0.25) is 0 Å². The van der Waals surface area contributed by atoms with Crippen molar-refractivity contribution >= 4 is 28.6 Å². The highest BCUT2D eigenvalue weighted by Crippen LogP contribution is 2.19. The van der Waals surface area contributed by atoms with Gasteiger partial charge in [0.1, 0.15) is 5.69 Å². The third-order valence-corrected chi connectivity index (χ3v) is 3.88. The second kappa shape index (κ2) is 6.71. The summed E-state index contributed by atoms with van der Waals surface area (Å²) >= 11 is 6.05. The SMILES string of the molecule is Cc1ccc2onc(CNC(=O)NCc3ccccc3Cl)c2c1. The van der Waals surface area contributed by atoms with Crippen molar-refractivity contribution < 1.29 is 9.32 Å². The summed E-state index contributed by atoms with van der Waals surface area (Å²) in [6.07, 6.45) is 0. The van der Waals surface area contributed by atoms with E-state index in [4.69, 9.17) is 16.1 Å². The van der Waals surface area contributed by atoms with Crippen LogP contribution >= 0.6 is 11.6 Å². The lowest BCUT2D eigenvalue weighted by atomic mass is 10.1. The number of aromatic nitrogens is 1. The van der Waals surface area contributed by atoms with Crippen LogP contribution in [-0.4, -0.2) is 11.2 Å². The second-order valence-electron chi connectivity index (χ2n) is 5.26. The minimum atomic E-state index is -0.284. The zero-order chi connectivity index (χ0) is 16.2. The molecule has 0 aliphatic heterocycles. The number of amides is 2. The first-order chi connectivity index (χ1) is 11.1. The molecular weight excluding hydrogens is 314 g/mol. The standard InChI is InChI=1S/C17H16ClN3O2/c1-11-6-7-16-13(8-11)15(21-23-16)10-20-17(22)19-9-12-4-2-3-5-14(12)18/h2-8H,9-10H2,1H3,(H2,19,20,22). The van der Waals surface area contributed by atoms with E-state index in [1.807, 2.05) is 43.3 Å². The Morgan fingerprint density at radius 3 is 2.78 bits per heavy atom. The normalized spacial score (nSPS) is 10.7. The lowest BCUT2D eigenvalue weighted by Crippen LogP contribution is -2.34. The number of hydrogen-bond donors (Lipinski definition) is 2. The Balaban J connectivity index is 1.58. The van der Waals surface area contributed by atoms with E-state index >= 15 is 0 Å². The maximum atomic E-state index is 11.9. The maximum absolute atomic E-state index is 11.9. The van der Waals surface area contributed by atoms with Crippen molar-refractivity contribution in [2.24, 2.45) is 0 Å². The highest BCUT2D eigenvalue weighted by atomic mass is 35.5. The molecule has 0 unspecified atom stereocenters. The number of carbonyl (C=O) groups excluding carboxylic acids is 1. The van der Waals surface area contributed by atoms with Crippen molar-refractivity contribution in [1.82, 2.24) is 15.8 Å². The fourth-order valence-corrected chi connectivity index (χ4v) is 2.48. The molecule has 3 aromatic rings. The van der Waals surface area contributed by atoms with Gasteiger partial charge < -0.3 is 15.2 Å². The smallest absolute Gasteiger partial charge is 0.315 e. The summed E-state index contributed by atoms with van der Waals surface area (Å²) in [5, 5.41) is 11.1. The van der Waals surface area contributed by atoms with Crippen LogP contribution < -0.4 is 10.6 Å². The Hall–Kier alpha value is -2.53. The largest absolute Gasteiger partial charge is 0.356 e. The molecular formula is C17H16ClN3O2. The molecule has 3 rings (SSSR count). The van der Waals surface area contributed by atoms with Gasteiger partial charge in [-0.3, -0.25) is 0 Å². The van der Waals surface area contributed by atoms with E-state index in [0.717, 1.165) is 16.5 Å². The summed E-state index contributed by atoms with van der Waals surface area (Å²) in [5.74, 6) is 0. The zero-order valence-corrected chi connectivity index (χ0v) is 13.4. The van der Waals surface area contributed by atoms with Crippen LogP contribution in [0.4, 0.5) is 4.79 Å². The van der Waals surface area contributed by atoms with Crippen molar-refractivity contribution in [2.75, 3.05) is 0 Å². The second-order valence-corrected chi connectivity index (χ2v) is 5.66. The molecule has 0 radical (unpaired) electrons. The number of aryl methyl sites for hydroxylation is 1. The molecule has 23 heavy (non-hydrogen) atoms. The Bertz CT molecular complexity index is 845. The molecule has 0 aliphatic carbocycles. The van der Waals surface area contributed by atoms with Crippen LogP contribution in [0.1, 0.15) is 16.8 Å². The van der Waals surface area contributed by atoms with E-state index < -0.39 is 0 Å². The summed E-state index contributed by atoms with van der Waals surface area (Å²) in [5.41, 5.74) is 3.40. The summed E-state index contributed by atoms with van der Waals surface area (Å²) in [6, 6.07) is 12.9. The minimum absolute atomic E-state index is 0.284. The van der Waals surface area contributed by atoms with E-state index in [1.54, 1.807) is 6.07 Å². The lowest BCUT2D eigenvalue weighted by Gasteiger charge is -2.07. The van der Waals surface area contributed by atoms with Crippen LogP contribution in [-0.2, 0) is 13.1 Å². The highest BCUT2D eigenvalue weighted by molar-refractivity contribution is 6.31. The van der Waals surface area contributed by atoms with E-state index in [0.29, 0.717) is 29.4 Å². The van der Waals surface area contributed by atoms with Gasteiger partial charge >= 0.3 is 6.03 Å².